The van der Waals surface area contributed by atoms with Gasteiger partial charge in [-0.05, 0) is 31.6 Å². The van der Waals surface area contributed by atoms with Gasteiger partial charge < -0.3 is 5.32 Å². The van der Waals surface area contributed by atoms with Crippen molar-refractivity contribution in [3.8, 4) is 0 Å². The molecular weight excluding hydrogens is 174 g/mol. The van der Waals surface area contributed by atoms with Crippen LogP contribution in [0.4, 0.5) is 0 Å². The molecular formula is C12H21NO. The third-order valence-corrected chi connectivity index (χ3v) is 4.48. The quantitative estimate of drug-likeness (QED) is 0.720. The maximum Gasteiger partial charge on any atom is 0.221 e. The Morgan fingerprint density at radius 3 is 2.36 bits per heavy atom. The van der Waals surface area contributed by atoms with E-state index in [-0.39, 0.29) is 16.9 Å². The molecule has 1 aliphatic carbocycles. The molecule has 0 spiro atoms. The van der Waals surface area contributed by atoms with Crippen LogP contribution in [0.3, 0.4) is 0 Å². The van der Waals surface area contributed by atoms with Crippen LogP contribution >= 0.6 is 0 Å². The fourth-order valence-corrected chi connectivity index (χ4v) is 2.78. The molecule has 1 heterocycles. The summed E-state index contributed by atoms with van der Waals surface area (Å²) >= 11 is 0. The average Bonchev–Trinajstić information content (AvgIpc) is 2.13. The molecule has 1 saturated carbocycles. The third kappa shape index (κ3) is 1.45. The molecule has 2 nitrogen and oxygen atoms in total. The summed E-state index contributed by atoms with van der Waals surface area (Å²) in [5, 5.41) is 3.10. The van der Waals surface area contributed by atoms with Crippen molar-refractivity contribution in [2.75, 3.05) is 0 Å². The Hall–Kier alpha value is -0.530. The Morgan fingerprint density at radius 1 is 1.36 bits per heavy atom. The molecule has 1 N–H and O–H groups in total. The van der Waals surface area contributed by atoms with Gasteiger partial charge in [-0.15, -0.1) is 0 Å². The summed E-state index contributed by atoms with van der Waals surface area (Å²) in [6.07, 6.45) is 6.08. The molecule has 1 amide bonds. The van der Waals surface area contributed by atoms with Crippen molar-refractivity contribution >= 4 is 5.91 Å². The Kier molecular flexibility index (Phi) is 2.13. The Labute approximate surface area is 86.5 Å². The SMILES string of the molecule is CC1(CC2CCC2)CC(=O)NC1(C)C. The van der Waals surface area contributed by atoms with Crippen molar-refractivity contribution in [2.24, 2.45) is 11.3 Å². The highest BCUT2D eigenvalue weighted by atomic mass is 16.2. The standard InChI is InChI=1S/C12H21NO/c1-11(2)12(3,8-10(14)13-11)7-9-5-4-6-9/h9H,4-8H2,1-3H3,(H,13,14). The van der Waals surface area contributed by atoms with Crippen LogP contribution in [0.25, 0.3) is 0 Å². The molecule has 0 aromatic carbocycles. The summed E-state index contributed by atoms with van der Waals surface area (Å²) in [6, 6.07) is 0. The Balaban J connectivity index is 2.08. The van der Waals surface area contributed by atoms with Gasteiger partial charge in [0.25, 0.3) is 0 Å². The van der Waals surface area contributed by atoms with Gasteiger partial charge in [0, 0.05) is 12.0 Å². The molecule has 0 aromatic heterocycles. The number of nitrogens with one attached hydrogen (secondary N) is 1. The fraction of sp³-hybridized carbons (Fsp3) is 0.917. The number of amides is 1. The van der Waals surface area contributed by atoms with E-state index < -0.39 is 0 Å². The lowest BCUT2D eigenvalue weighted by molar-refractivity contribution is -0.119. The summed E-state index contributed by atoms with van der Waals surface area (Å²) in [5.41, 5.74) is 0.162. The molecule has 2 fully saturated rings. The molecule has 1 atom stereocenters. The van der Waals surface area contributed by atoms with Gasteiger partial charge in [-0.1, -0.05) is 26.2 Å². The first-order valence-corrected chi connectivity index (χ1v) is 5.74. The first kappa shape index (κ1) is 10.0. The zero-order chi connectivity index (χ0) is 10.4. The van der Waals surface area contributed by atoms with Gasteiger partial charge in [-0.25, -0.2) is 0 Å². The van der Waals surface area contributed by atoms with Gasteiger partial charge in [0.05, 0.1) is 0 Å². The molecule has 0 radical (unpaired) electrons. The number of hydrogen-bond donors (Lipinski definition) is 1. The van der Waals surface area contributed by atoms with E-state index in [2.05, 4.69) is 26.1 Å². The lowest BCUT2D eigenvalue weighted by Crippen LogP contribution is -2.46. The van der Waals surface area contributed by atoms with Gasteiger partial charge in [0.2, 0.25) is 5.91 Å². The van der Waals surface area contributed by atoms with E-state index in [1.165, 1.54) is 25.7 Å². The van der Waals surface area contributed by atoms with Crippen LogP contribution in [0.1, 0.15) is 52.9 Å². The van der Waals surface area contributed by atoms with E-state index in [0.29, 0.717) is 0 Å². The number of hydrogen-bond acceptors (Lipinski definition) is 1. The van der Waals surface area contributed by atoms with Crippen LogP contribution in [-0.4, -0.2) is 11.4 Å². The second kappa shape index (κ2) is 2.98. The average molecular weight is 195 g/mol. The molecule has 1 saturated heterocycles. The minimum atomic E-state index is -0.0142. The summed E-state index contributed by atoms with van der Waals surface area (Å²) < 4.78 is 0. The van der Waals surface area contributed by atoms with E-state index >= 15 is 0 Å². The van der Waals surface area contributed by atoms with E-state index in [9.17, 15) is 4.79 Å². The van der Waals surface area contributed by atoms with Crippen LogP contribution in [-0.2, 0) is 4.79 Å². The highest BCUT2D eigenvalue weighted by Gasteiger charge is 2.50. The molecule has 1 unspecified atom stereocenters. The molecule has 2 rings (SSSR count). The minimum Gasteiger partial charge on any atom is -0.351 e. The maximum atomic E-state index is 11.5. The van der Waals surface area contributed by atoms with Gasteiger partial charge in [-0.3, -0.25) is 4.79 Å². The van der Waals surface area contributed by atoms with Crippen molar-refractivity contribution in [1.82, 2.24) is 5.32 Å². The summed E-state index contributed by atoms with van der Waals surface area (Å²) in [6.45, 7) is 6.59. The summed E-state index contributed by atoms with van der Waals surface area (Å²) in [5.74, 6) is 1.11. The second-order valence-corrected chi connectivity index (χ2v) is 5.91. The lowest BCUT2D eigenvalue weighted by Gasteiger charge is -2.42. The predicted molar refractivity (Wildman–Crippen MR) is 56.9 cm³/mol. The normalized spacial score (nSPS) is 36.6. The summed E-state index contributed by atoms with van der Waals surface area (Å²) in [4.78, 5) is 11.5. The highest BCUT2D eigenvalue weighted by molar-refractivity contribution is 5.80. The van der Waals surface area contributed by atoms with Gasteiger partial charge in [-0.2, -0.15) is 0 Å². The topological polar surface area (TPSA) is 29.1 Å². The predicted octanol–water partition coefficient (Wildman–Crippen LogP) is 2.48. The van der Waals surface area contributed by atoms with Crippen molar-refractivity contribution in [3.63, 3.8) is 0 Å². The van der Waals surface area contributed by atoms with Crippen molar-refractivity contribution in [3.05, 3.63) is 0 Å². The van der Waals surface area contributed by atoms with E-state index in [1.807, 2.05) is 0 Å². The zero-order valence-corrected chi connectivity index (χ0v) is 9.52. The molecule has 80 valence electrons. The number of carbonyl (C=O) groups excluding carboxylic acids is 1. The van der Waals surface area contributed by atoms with Crippen molar-refractivity contribution in [2.45, 2.75) is 58.4 Å². The molecule has 1 aliphatic heterocycles. The van der Waals surface area contributed by atoms with Crippen LogP contribution in [0.2, 0.25) is 0 Å². The van der Waals surface area contributed by atoms with Gasteiger partial charge in [0.15, 0.2) is 0 Å². The van der Waals surface area contributed by atoms with Gasteiger partial charge >= 0.3 is 0 Å². The Morgan fingerprint density at radius 2 is 2.00 bits per heavy atom. The van der Waals surface area contributed by atoms with E-state index in [4.69, 9.17) is 0 Å². The third-order valence-electron chi connectivity index (χ3n) is 4.48. The molecule has 14 heavy (non-hydrogen) atoms. The van der Waals surface area contributed by atoms with Crippen LogP contribution in [0.15, 0.2) is 0 Å². The monoisotopic (exact) mass is 195 g/mol. The van der Waals surface area contributed by atoms with E-state index in [0.717, 1.165) is 12.3 Å². The van der Waals surface area contributed by atoms with Crippen molar-refractivity contribution < 1.29 is 4.79 Å². The summed E-state index contributed by atoms with van der Waals surface area (Å²) in [7, 11) is 0. The molecule has 2 aliphatic rings. The first-order valence-electron chi connectivity index (χ1n) is 5.74. The van der Waals surface area contributed by atoms with Crippen LogP contribution in [0.5, 0.6) is 0 Å². The van der Waals surface area contributed by atoms with Crippen LogP contribution in [0, 0.1) is 11.3 Å². The molecule has 0 aromatic rings. The number of rotatable bonds is 2. The Bertz CT molecular complexity index is 255. The van der Waals surface area contributed by atoms with Crippen molar-refractivity contribution in [1.29, 1.82) is 0 Å². The smallest absolute Gasteiger partial charge is 0.221 e. The van der Waals surface area contributed by atoms with Gasteiger partial charge in [0.1, 0.15) is 0 Å². The lowest BCUT2D eigenvalue weighted by atomic mass is 9.65. The largest absolute Gasteiger partial charge is 0.351 e. The van der Waals surface area contributed by atoms with Crippen LogP contribution < -0.4 is 5.32 Å². The zero-order valence-electron chi connectivity index (χ0n) is 9.52. The highest BCUT2D eigenvalue weighted by Crippen LogP contribution is 2.48. The first-order chi connectivity index (χ1) is 6.43. The number of carbonyl (C=O) groups is 1. The molecule has 0 bridgehead atoms. The minimum absolute atomic E-state index is 0.0142. The molecule has 2 heteroatoms. The second-order valence-electron chi connectivity index (χ2n) is 5.91. The fourth-order valence-electron chi connectivity index (χ4n) is 2.78. The maximum absolute atomic E-state index is 11.5. The van der Waals surface area contributed by atoms with E-state index in [1.54, 1.807) is 0 Å².